The van der Waals surface area contributed by atoms with Crippen molar-refractivity contribution in [1.82, 2.24) is 0 Å². The van der Waals surface area contributed by atoms with E-state index < -0.39 is 0 Å². The Balaban J connectivity index is 1.89. The van der Waals surface area contributed by atoms with Crippen molar-refractivity contribution in [3.63, 3.8) is 0 Å². The molecule has 22 heavy (non-hydrogen) atoms. The lowest BCUT2D eigenvalue weighted by atomic mass is 10.0. The fourth-order valence-corrected chi connectivity index (χ4v) is 2.57. The fourth-order valence-electron chi connectivity index (χ4n) is 2.08. The molecule has 0 fully saturated rings. The summed E-state index contributed by atoms with van der Waals surface area (Å²) in [6.45, 7) is 5.20. The van der Waals surface area contributed by atoms with Crippen molar-refractivity contribution < 1.29 is 9.47 Å². The third kappa shape index (κ3) is 4.25. The zero-order valence-corrected chi connectivity index (χ0v) is 14.3. The first-order chi connectivity index (χ1) is 10.6. The summed E-state index contributed by atoms with van der Waals surface area (Å²) in [6, 6.07) is 15.4. The van der Waals surface area contributed by atoms with Gasteiger partial charge in [0.1, 0.15) is 24.7 Å². The van der Waals surface area contributed by atoms with E-state index in [1.54, 1.807) is 18.2 Å². The van der Waals surface area contributed by atoms with Gasteiger partial charge < -0.3 is 9.47 Å². The molecule has 2 rings (SSSR count). The van der Waals surface area contributed by atoms with Gasteiger partial charge in [0.05, 0.1) is 16.1 Å². The van der Waals surface area contributed by atoms with Crippen molar-refractivity contribution in [2.24, 2.45) is 0 Å². The normalized spacial score (nSPS) is 10.3. The van der Waals surface area contributed by atoms with Gasteiger partial charge in [0.15, 0.2) is 0 Å². The molecule has 114 valence electrons. The Kier molecular flexibility index (Phi) is 5.85. The quantitative estimate of drug-likeness (QED) is 0.688. The van der Waals surface area contributed by atoms with Gasteiger partial charge in [-0.2, -0.15) is 5.26 Å². The average Bonchev–Trinajstić information content (AvgIpc) is 2.52. The second kappa shape index (κ2) is 7.86. The molecule has 0 heterocycles. The van der Waals surface area contributed by atoms with E-state index in [0.717, 1.165) is 10.2 Å². The summed E-state index contributed by atoms with van der Waals surface area (Å²) in [5.41, 5.74) is 1.79. The van der Waals surface area contributed by atoms with E-state index in [9.17, 15) is 0 Å². The molecule has 0 atom stereocenters. The molecule has 0 unspecified atom stereocenters. The largest absolute Gasteiger partial charge is 0.490 e. The Morgan fingerprint density at radius 3 is 2.36 bits per heavy atom. The number of para-hydroxylation sites is 1. The van der Waals surface area contributed by atoms with E-state index in [4.69, 9.17) is 14.7 Å². The van der Waals surface area contributed by atoms with Gasteiger partial charge >= 0.3 is 0 Å². The molecule has 0 aliphatic carbocycles. The maximum atomic E-state index is 8.83. The summed E-state index contributed by atoms with van der Waals surface area (Å²) in [5, 5.41) is 8.83. The van der Waals surface area contributed by atoms with Crippen LogP contribution in [0.1, 0.15) is 30.9 Å². The van der Waals surface area contributed by atoms with Gasteiger partial charge in [-0.3, -0.25) is 0 Å². The molecule has 2 aromatic rings. The summed E-state index contributed by atoms with van der Waals surface area (Å²) >= 11 is 3.40. The molecular formula is C18H18BrNO2. The molecule has 0 radical (unpaired) electrons. The third-order valence-electron chi connectivity index (χ3n) is 3.20. The number of ether oxygens (including phenoxy) is 2. The minimum Gasteiger partial charge on any atom is -0.490 e. The van der Waals surface area contributed by atoms with Crippen molar-refractivity contribution >= 4 is 15.9 Å². The summed E-state index contributed by atoms with van der Waals surface area (Å²) in [7, 11) is 0. The monoisotopic (exact) mass is 359 g/mol. The molecule has 0 bridgehead atoms. The smallest absolute Gasteiger partial charge is 0.133 e. The molecule has 0 N–H and O–H groups in total. The highest BCUT2D eigenvalue weighted by atomic mass is 79.9. The van der Waals surface area contributed by atoms with Crippen LogP contribution in [-0.4, -0.2) is 13.2 Å². The van der Waals surface area contributed by atoms with E-state index in [2.05, 4.69) is 41.9 Å². The molecule has 0 aromatic heterocycles. The minimum atomic E-state index is 0.421. The lowest BCUT2D eigenvalue weighted by Crippen LogP contribution is -2.10. The number of hydrogen-bond donors (Lipinski definition) is 0. The second-order valence-corrected chi connectivity index (χ2v) is 6.00. The highest BCUT2D eigenvalue weighted by molar-refractivity contribution is 9.10. The van der Waals surface area contributed by atoms with Gasteiger partial charge in [-0.1, -0.05) is 32.0 Å². The minimum absolute atomic E-state index is 0.421. The number of nitrogens with zero attached hydrogens (tertiary/aromatic N) is 1. The van der Waals surface area contributed by atoms with Crippen molar-refractivity contribution in [3.8, 4) is 17.6 Å². The van der Waals surface area contributed by atoms with Crippen molar-refractivity contribution in [1.29, 1.82) is 5.26 Å². The van der Waals surface area contributed by atoms with Crippen molar-refractivity contribution in [2.75, 3.05) is 13.2 Å². The Bertz CT molecular complexity index is 677. The number of benzene rings is 2. The predicted octanol–water partition coefficient (Wildman–Crippen LogP) is 4.90. The van der Waals surface area contributed by atoms with Crippen LogP contribution in [0.3, 0.4) is 0 Å². The molecule has 0 saturated carbocycles. The molecule has 0 aliphatic heterocycles. The van der Waals surface area contributed by atoms with Gasteiger partial charge in [0, 0.05) is 0 Å². The van der Waals surface area contributed by atoms with Crippen molar-refractivity contribution in [3.05, 3.63) is 58.1 Å². The molecule has 0 saturated heterocycles. The number of rotatable bonds is 6. The van der Waals surface area contributed by atoms with E-state index >= 15 is 0 Å². The molecule has 0 spiro atoms. The van der Waals surface area contributed by atoms with Crippen molar-refractivity contribution in [2.45, 2.75) is 19.8 Å². The molecule has 4 heteroatoms. The Morgan fingerprint density at radius 1 is 1.05 bits per heavy atom. The molecule has 0 aliphatic rings. The van der Waals surface area contributed by atoms with Crippen LogP contribution in [0.25, 0.3) is 0 Å². The summed E-state index contributed by atoms with van der Waals surface area (Å²) < 4.78 is 12.3. The molecule has 2 aromatic carbocycles. The van der Waals surface area contributed by atoms with Gasteiger partial charge in [-0.25, -0.2) is 0 Å². The second-order valence-electron chi connectivity index (χ2n) is 5.15. The Morgan fingerprint density at radius 2 is 1.73 bits per heavy atom. The number of halogens is 1. The van der Waals surface area contributed by atoms with E-state index in [-0.39, 0.29) is 0 Å². The van der Waals surface area contributed by atoms with Gasteiger partial charge in [0.25, 0.3) is 0 Å². The molecule has 0 amide bonds. The zero-order valence-electron chi connectivity index (χ0n) is 12.7. The van der Waals surface area contributed by atoms with Gasteiger partial charge in [0.2, 0.25) is 0 Å². The highest BCUT2D eigenvalue weighted by Gasteiger charge is 2.07. The summed E-state index contributed by atoms with van der Waals surface area (Å²) in [4.78, 5) is 0. The third-order valence-corrected chi connectivity index (χ3v) is 3.82. The maximum Gasteiger partial charge on any atom is 0.133 e. The van der Waals surface area contributed by atoms with E-state index in [0.29, 0.717) is 30.4 Å². The van der Waals surface area contributed by atoms with Crippen LogP contribution in [0.4, 0.5) is 0 Å². The number of nitriles is 1. The van der Waals surface area contributed by atoms with E-state index in [1.807, 2.05) is 18.2 Å². The van der Waals surface area contributed by atoms with Gasteiger partial charge in [-0.05, 0) is 51.7 Å². The first-order valence-corrected chi connectivity index (χ1v) is 7.95. The zero-order chi connectivity index (χ0) is 15.9. The predicted molar refractivity (Wildman–Crippen MR) is 90.4 cm³/mol. The lowest BCUT2D eigenvalue weighted by Gasteiger charge is -2.14. The van der Waals surface area contributed by atoms with Crippen LogP contribution in [0.2, 0.25) is 0 Å². The Labute approximate surface area is 139 Å². The fraction of sp³-hybridized carbons (Fsp3) is 0.278. The van der Waals surface area contributed by atoms with Crippen LogP contribution < -0.4 is 9.47 Å². The standard InChI is InChI=1S/C18H18BrNO2/c1-13(2)15-5-3-4-6-17(15)21-9-10-22-18-8-7-14(12-20)11-16(18)19/h3-8,11,13H,9-10H2,1-2H3. The Hall–Kier alpha value is -1.99. The molecular weight excluding hydrogens is 342 g/mol. The van der Waals surface area contributed by atoms with Crippen LogP contribution >= 0.6 is 15.9 Å². The lowest BCUT2D eigenvalue weighted by molar-refractivity contribution is 0.214. The highest BCUT2D eigenvalue weighted by Crippen LogP contribution is 2.27. The number of hydrogen-bond acceptors (Lipinski definition) is 3. The topological polar surface area (TPSA) is 42.2 Å². The van der Waals surface area contributed by atoms with E-state index in [1.165, 1.54) is 5.56 Å². The first kappa shape index (κ1) is 16.4. The average molecular weight is 360 g/mol. The first-order valence-electron chi connectivity index (χ1n) is 7.16. The van der Waals surface area contributed by atoms with Gasteiger partial charge in [-0.15, -0.1) is 0 Å². The maximum absolute atomic E-state index is 8.83. The summed E-state index contributed by atoms with van der Waals surface area (Å²) in [6.07, 6.45) is 0. The van der Waals surface area contributed by atoms with Crippen LogP contribution in [-0.2, 0) is 0 Å². The van der Waals surface area contributed by atoms with Crippen LogP contribution in [0.5, 0.6) is 11.5 Å². The van der Waals surface area contributed by atoms with Crippen LogP contribution in [0.15, 0.2) is 46.9 Å². The summed E-state index contributed by atoms with van der Waals surface area (Å²) in [5.74, 6) is 2.03. The SMILES string of the molecule is CC(C)c1ccccc1OCCOc1ccc(C#N)cc1Br. The molecule has 3 nitrogen and oxygen atoms in total. The van der Waals surface area contributed by atoms with Crippen LogP contribution in [0, 0.1) is 11.3 Å².